The van der Waals surface area contributed by atoms with Crippen molar-refractivity contribution in [3.8, 4) is 0 Å². The van der Waals surface area contributed by atoms with Crippen LogP contribution >= 0.6 is 0 Å². The zero-order valence-corrected chi connectivity index (χ0v) is 7.95. The summed E-state index contributed by atoms with van der Waals surface area (Å²) in [5, 5.41) is 3.93. The molecule has 1 fully saturated rings. The van der Waals surface area contributed by atoms with E-state index in [1.54, 1.807) is 0 Å². The van der Waals surface area contributed by atoms with Gasteiger partial charge in [0.15, 0.2) is 5.43 Å². The summed E-state index contributed by atoms with van der Waals surface area (Å²) >= 11 is 0. The van der Waals surface area contributed by atoms with Crippen molar-refractivity contribution >= 4 is 52.1 Å². The van der Waals surface area contributed by atoms with E-state index in [-0.39, 0.29) is 46.8 Å². The summed E-state index contributed by atoms with van der Waals surface area (Å²) in [6.07, 6.45) is 0.748. The fourth-order valence-corrected chi connectivity index (χ4v) is 1.34. The van der Waals surface area contributed by atoms with Crippen LogP contribution in [0.25, 0.3) is 10.8 Å². The van der Waals surface area contributed by atoms with Gasteiger partial charge in [-0.1, -0.05) is 24.3 Å². The minimum atomic E-state index is -0.148. The first-order valence-electron chi connectivity index (χ1n) is 4.65. The van der Waals surface area contributed by atoms with Crippen molar-refractivity contribution in [2.75, 3.05) is 0 Å². The molecule has 78 valence electrons. The number of fused-ring (bicyclic) bond motifs is 1. The second kappa shape index (κ2) is 5.39. The predicted molar refractivity (Wildman–Crippen MR) is 62.1 cm³/mol. The average molecular weight is 227 g/mol. The van der Waals surface area contributed by atoms with Gasteiger partial charge in [-0.25, -0.2) is 0 Å². The van der Waals surface area contributed by atoms with Crippen LogP contribution in [0.2, 0.25) is 0 Å². The zero-order valence-electron chi connectivity index (χ0n) is 7.95. The molecule has 0 aliphatic carbocycles. The Kier molecular flexibility index (Phi) is 4.41. The molecule has 16 heavy (non-hydrogen) atoms. The number of carbonyl (C=O) groups excluding carboxylic acids is 2. The van der Waals surface area contributed by atoms with E-state index in [1.807, 2.05) is 24.3 Å². The van der Waals surface area contributed by atoms with Gasteiger partial charge in [-0.2, -0.15) is 0 Å². The Labute approximate surface area is 114 Å². The summed E-state index contributed by atoms with van der Waals surface area (Å²) in [5.41, 5.74) is 0.218. The number of benzene rings is 1. The average Bonchev–Trinajstić information content (AvgIpc) is 2.73. The second-order valence-electron chi connectivity index (χ2n) is 3.35. The van der Waals surface area contributed by atoms with Crippen LogP contribution in [0.1, 0.15) is 12.8 Å². The molecular weight excluding hydrogens is 217 g/mol. The maximum atomic E-state index is 10.5. The number of amides is 2. The van der Waals surface area contributed by atoms with Crippen molar-refractivity contribution in [2.24, 2.45) is 0 Å². The normalized spacial score (nSPS) is 14.2. The molecule has 1 aliphatic rings. The Bertz CT molecular complexity index is 495. The van der Waals surface area contributed by atoms with Crippen molar-refractivity contribution in [3.63, 3.8) is 0 Å². The van der Waals surface area contributed by atoms with Crippen LogP contribution in [0.5, 0.6) is 0 Å². The van der Waals surface area contributed by atoms with Gasteiger partial charge >= 0.3 is 29.6 Å². The molecule has 0 unspecified atom stereocenters. The van der Waals surface area contributed by atoms with Crippen molar-refractivity contribution in [3.05, 3.63) is 34.5 Å². The van der Waals surface area contributed by atoms with E-state index in [1.165, 1.54) is 0 Å². The molecule has 0 saturated carbocycles. The van der Waals surface area contributed by atoms with Crippen LogP contribution in [0, 0.1) is 0 Å². The van der Waals surface area contributed by atoms with E-state index in [0.717, 1.165) is 10.8 Å². The molecule has 0 aromatic heterocycles. The van der Waals surface area contributed by atoms with Crippen LogP contribution in [-0.2, 0) is 9.59 Å². The van der Waals surface area contributed by atoms with Gasteiger partial charge in [-0.3, -0.25) is 19.7 Å². The molecule has 4 nitrogen and oxygen atoms in total. The van der Waals surface area contributed by atoms with Crippen molar-refractivity contribution in [2.45, 2.75) is 12.8 Å². The van der Waals surface area contributed by atoms with Gasteiger partial charge in [0.25, 0.3) is 0 Å². The van der Waals surface area contributed by atoms with Crippen LogP contribution in [0.4, 0.5) is 0 Å². The molecule has 1 N–H and O–H groups in total. The monoisotopic (exact) mass is 227 g/mol. The van der Waals surface area contributed by atoms with Crippen LogP contribution in [0.3, 0.4) is 0 Å². The molecule has 1 heterocycles. The number of rotatable bonds is 0. The van der Waals surface area contributed by atoms with Crippen LogP contribution in [0.15, 0.2) is 29.1 Å². The number of nitrogens with one attached hydrogen (secondary N) is 1. The first-order valence-corrected chi connectivity index (χ1v) is 4.65. The van der Waals surface area contributed by atoms with Gasteiger partial charge in [-0.05, 0) is 0 Å². The third-order valence-corrected chi connectivity index (χ3v) is 2.21. The predicted octanol–water partition coefficient (Wildman–Crippen LogP) is -0.150. The maximum absolute atomic E-state index is 10.5. The number of hydrogen-bond donors (Lipinski definition) is 1. The Morgan fingerprint density at radius 1 is 0.875 bits per heavy atom. The molecule has 1 saturated heterocycles. The Hall–Kier alpha value is -0.970. The molecule has 2 aromatic carbocycles. The van der Waals surface area contributed by atoms with Crippen molar-refractivity contribution in [1.82, 2.24) is 5.32 Å². The van der Waals surface area contributed by atoms with E-state index in [0.29, 0.717) is 12.8 Å². The summed E-state index contributed by atoms with van der Waals surface area (Å²) in [6.45, 7) is 0. The fourth-order valence-electron chi connectivity index (χ4n) is 1.34. The number of hydrogen-bond acceptors (Lipinski definition) is 3. The third kappa shape index (κ3) is 3.01. The first kappa shape index (κ1) is 13.1. The summed E-state index contributed by atoms with van der Waals surface area (Å²) < 4.78 is 0. The quantitative estimate of drug-likeness (QED) is 0.503. The second-order valence-corrected chi connectivity index (χ2v) is 3.35. The number of imide groups is 1. The van der Waals surface area contributed by atoms with Crippen molar-refractivity contribution < 1.29 is 9.59 Å². The molecule has 2 aromatic rings. The van der Waals surface area contributed by atoms with E-state index >= 15 is 0 Å². The van der Waals surface area contributed by atoms with Crippen molar-refractivity contribution in [1.29, 1.82) is 0 Å². The zero-order chi connectivity index (χ0) is 10.8. The summed E-state index contributed by atoms with van der Waals surface area (Å²) in [7, 11) is 0. The Balaban J connectivity index is 0.000000152. The van der Waals surface area contributed by atoms with Crippen LogP contribution in [-0.4, -0.2) is 41.4 Å². The standard InChI is InChI=1S/C7H4O.C4H5NO2.Na.H/c8-7-5-3-1-2-4-6(5)7;6-3-1-2-4(7)5-3;;/h1-4H;1-2H2,(H,5,6,7);;. The van der Waals surface area contributed by atoms with E-state index in [4.69, 9.17) is 0 Å². The molecule has 2 amide bonds. The van der Waals surface area contributed by atoms with Gasteiger partial charge in [-0.15, -0.1) is 0 Å². The molecule has 0 spiro atoms. The first-order chi connectivity index (χ1) is 7.18. The number of carbonyl (C=O) groups is 2. The van der Waals surface area contributed by atoms with E-state index in [9.17, 15) is 14.4 Å². The summed E-state index contributed by atoms with van der Waals surface area (Å²) in [5.74, 6) is -0.296. The molecule has 0 atom stereocenters. The Morgan fingerprint density at radius 3 is 1.56 bits per heavy atom. The SMILES string of the molecule is O=C1CCC(=O)N1.O=c1c2ccccc12.[NaH]. The van der Waals surface area contributed by atoms with Gasteiger partial charge in [0.05, 0.1) is 0 Å². The summed E-state index contributed by atoms with van der Waals surface area (Å²) in [4.78, 5) is 30.8. The molecular formula is C11H10NNaO3. The Morgan fingerprint density at radius 2 is 1.31 bits per heavy atom. The van der Waals surface area contributed by atoms with Gasteiger partial charge in [0.2, 0.25) is 11.8 Å². The molecule has 5 heteroatoms. The van der Waals surface area contributed by atoms with Gasteiger partial charge < -0.3 is 0 Å². The van der Waals surface area contributed by atoms with E-state index < -0.39 is 0 Å². The molecule has 0 bridgehead atoms. The minimum absolute atomic E-state index is 0. The van der Waals surface area contributed by atoms with Gasteiger partial charge in [0.1, 0.15) is 0 Å². The fraction of sp³-hybridized carbons (Fsp3) is 0.182. The molecule has 1 aliphatic heterocycles. The molecule has 0 radical (unpaired) electrons. The van der Waals surface area contributed by atoms with Crippen LogP contribution < -0.4 is 10.7 Å². The molecule has 3 rings (SSSR count). The topological polar surface area (TPSA) is 63.2 Å². The summed E-state index contributed by atoms with van der Waals surface area (Å²) in [6, 6.07) is 7.45. The van der Waals surface area contributed by atoms with E-state index in [2.05, 4.69) is 5.32 Å². The van der Waals surface area contributed by atoms with Gasteiger partial charge in [0, 0.05) is 23.6 Å². The third-order valence-electron chi connectivity index (χ3n) is 2.21.